The molecule has 0 spiro atoms. The molecule has 0 bridgehead atoms. The third-order valence-electron chi connectivity index (χ3n) is 3.97. The summed E-state index contributed by atoms with van der Waals surface area (Å²) in [6.07, 6.45) is 3.57. The number of nitrogens with zero attached hydrogens (tertiary/aromatic N) is 2. The molecule has 1 fully saturated rings. The Morgan fingerprint density at radius 1 is 1.38 bits per heavy atom. The van der Waals surface area contributed by atoms with Crippen molar-refractivity contribution in [1.82, 2.24) is 15.6 Å². The van der Waals surface area contributed by atoms with Crippen LogP contribution in [0.2, 0.25) is 0 Å². The van der Waals surface area contributed by atoms with Crippen LogP contribution in [0.15, 0.2) is 39.9 Å². The number of nitrogens with one attached hydrogen (secondary N) is 2. The molecule has 1 aliphatic rings. The number of rotatable bonds is 5. The van der Waals surface area contributed by atoms with Gasteiger partial charge in [0, 0.05) is 31.6 Å². The highest BCUT2D eigenvalue weighted by molar-refractivity contribution is 14.0. The van der Waals surface area contributed by atoms with Gasteiger partial charge in [-0.15, -0.1) is 24.0 Å². The van der Waals surface area contributed by atoms with E-state index < -0.39 is 0 Å². The van der Waals surface area contributed by atoms with Gasteiger partial charge in [0.05, 0.1) is 5.69 Å². The number of aliphatic imine (C=N–C) groups is 1. The molecule has 1 aliphatic carbocycles. The molecule has 2 atom stereocenters. The normalized spacial score (nSPS) is 19.5. The highest BCUT2D eigenvalue weighted by atomic mass is 127. The lowest BCUT2D eigenvalue weighted by Crippen LogP contribution is -2.39. The molecule has 7 heteroatoms. The first-order valence-corrected chi connectivity index (χ1v) is 7.83. The van der Waals surface area contributed by atoms with Gasteiger partial charge in [0.2, 0.25) is 5.89 Å². The molecular weight excluding hydrogens is 422 g/mol. The van der Waals surface area contributed by atoms with Crippen LogP contribution in [-0.4, -0.2) is 30.6 Å². The first kappa shape index (κ1) is 18.7. The molecule has 2 aromatic rings. The fourth-order valence-electron chi connectivity index (χ4n) is 2.35. The number of guanidine groups is 1. The fourth-order valence-corrected chi connectivity index (χ4v) is 2.35. The summed E-state index contributed by atoms with van der Waals surface area (Å²) in [5.74, 6) is 1.78. The van der Waals surface area contributed by atoms with Crippen LogP contribution in [0.25, 0.3) is 11.5 Å². The van der Waals surface area contributed by atoms with Gasteiger partial charge in [0.15, 0.2) is 5.96 Å². The standard InChI is InChI=1S/C17H21FN4O.HI/c1-11-9-15(11)22-17(19-2)20-8-7-14-10-23-16(21-14)12-3-5-13(18)6-4-12;/h3-6,10-11,15H,7-9H2,1-2H3,(H2,19,20,22);1H. The minimum Gasteiger partial charge on any atom is -0.444 e. The Morgan fingerprint density at radius 2 is 2.08 bits per heavy atom. The SMILES string of the molecule is CN=C(NCCc1coc(-c2ccc(F)cc2)n1)NC1CC1C.I. The van der Waals surface area contributed by atoms with E-state index in [1.165, 1.54) is 18.6 Å². The smallest absolute Gasteiger partial charge is 0.226 e. The van der Waals surface area contributed by atoms with Gasteiger partial charge >= 0.3 is 0 Å². The lowest BCUT2D eigenvalue weighted by molar-refractivity contribution is 0.571. The van der Waals surface area contributed by atoms with E-state index in [1.807, 2.05) is 0 Å². The largest absolute Gasteiger partial charge is 0.444 e. The predicted molar refractivity (Wildman–Crippen MR) is 103 cm³/mol. The van der Waals surface area contributed by atoms with E-state index >= 15 is 0 Å². The van der Waals surface area contributed by atoms with Crippen molar-refractivity contribution in [2.75, 3.05) is 13.6 Å². The van der Waals surface area contributed by atoms with Gasteiger partial charge in [-0.3, -0.25) is 4.99 Å². The predicted octanol–water partition coefficient (Wildman–Crippen LogP) is 3.21. The van der Waals surface area contributed by atoms with Gasteiger partial charge in [0.1, 0.15) is 12.1 Å². The van der Waals surface area contributed by atoms with Crippen molar-refractivity contribution in [1.29, 1.82) is 0 Å². The van der Waals surface area contributed by atoms with E-state index in [2.05, 4.69) is 27.5 Å². The summed E-state index contributed by atoms with van der Waals surface area (Å²) in [4.78, 5) is 8.64. The van der Waals surface area contributed by atoms with Gasteiger partial charge in [0.25, 0.3) is 0 Å². The maximum Gasteiger partial charge on any atom is 0.226 e. The number of oxazole rings is 1. The highest BCUT2D eigenvalue weighted by Crippen LogP contribution is 2.28. The molecule has 0 radical (unpaired) electrons. The van der Waals surface area contributed by atoms with E-state index in [9.17, 15) is 4.39 Å². The molecule has 2 unspecified atom stereocenters. The molecule has 0 aliphatic heterocycles. The molecule has 1 saturated carbocycles. The zero-order chi connectivity index (χ0) is 16.2. The van der Waals surface area contributed by atoms with E-state index in [-0.39, 0.29) is 29.8 Å². The summed E-state index contributed by atoms with van der Waals surface area (Å²) in [5.41, 5.74) is 1.62. The monoisotopic (exact) mass is 444 g/mol. The van der Waals surface area contributed by atoms with Crippen LogP contribution >= 0.6 is 24.0 Å². The minimum absolute atomic E-state index is 0. The van der Waals surface area contributed by atoms with Gasteiger partial charge in [-0.05, 0) is 36.6 Å². The maximum atomic E-state index is 12.9. The van der Waals surface area contributed by atoms with Crippen LogP contribution in [0.3, 0.4) is 0 Å². The Morgan fingerprint density at radius 3 is 2.71 bits per heavy atom. The lowest BCUT2D eigenvalue weighted by Gasteiger charge is -2.10. The summed E-state index contributed by atoms with van der Waals surface area (Å²) < 4.78 is 18.4. The first-order valence-electron chi connectivity index (χ1n) is 7.83. The molecule has 1 aromatic carbocycles. The summed E-state index contributed by atoms with van der Waals surface area (Å²) in [7, 11) is 1.77. The topological polar surface area (TPSA) is 62.5 Å². The quantitative estimate of drug-likeness (QED) is 0.423. The van der Waals surface area contributed by atoms with Gasteiger partial charge in [-0.2, -0.15) is 0 Å². The van der Waals surface area contributed by atoms with Crippen molar-refractivity contribution in [2.45, 2.75) is 25.8 Å². The average Bonchev–Trinajstić information content (AvgIpc) is 3.05. The first-order chi connectivity index (χ1) is 11.2. The summed E-state index contributed by atoms with van der Waals surface area (Å²) >= 11 is 0. The number of halogens is 2. The van der Waals surface area contributed by atoms with Crippen molar-refractivity contribution in [3.8, 4) is 11.5 Å². The van der Waals surface area contributed by atoms with Crippen LogP contribution < -0.4 is 10.6 Å². The zero-order valence-electron chi connectivity index (χ0n) is 13.8. The molecular formula is C17H22FIN4O. The molecule has 24 heavy (non-hydrogen) atoms. The van der Waals surface area contributed by atoms with Crippen LogP contribution in [0.1, 0.15) is 19.0 Å². The molecule has 5 nitrogen and oxygen atoms in total. The molecule has 0 saturated heterocycles. The van der Waals surface area contributed by atoms with Crippen molar-refractivity contribution >= 4 is 29.9 Å². The molecule has 1 aromatic heterocycles. The molecule has 3 rings (SSSR count). The van der Waals surface area contributed by atoms with Crippen molar-refractivity contribution in [2.24, 2.45) is 10.9 Å². The Bertz CT molecular complexity index is 686. The van der Waals surface area contributed by atoms with Gasteiger partial charge in [-0.1, -0.05) is 6.92 Å². The Kier molecular flexibility index (Phi) is 6.59. The zero-order valence-corrected chi connectivity index (χ0v) is 16.1. The van der Waals surface area contributed by atoms with E-state index in [4.69, 9.17) is 4.42 Å². The molecule has 130 valence electrons. The van der Waals surface area contributed by atoms with Crippen LogP contribution in [0, 0.1) is 11.7 Å². The summed E-state index contributed by atoms with van der Waals surface area (Å²) in [6, 6.07) is 6.65. The highest BCUT2D eigenvalue weighted by Gasteiger charge is 2.33. The Balaban J connectivity index is 0.00000208. The maximum absolute atomic E-state index is 12.9. The van der Waals surface area contributed by atoms with Gasteiger partial charge in [-0.25, -0.2) is 9.37 Å². The molecule has 2 N–H and O–H groups in total. The number of aromatic nitrogens is 1. The number of hydrogen-bond donors (Lipinski definition) is 2. The van der Waals surface area contributed by atoms with Crippen molar-refractivity contribution in [3.63, 3.8) is 0 Å². The third kappa shape index (κ3) is 4.93. The molecule has 1 heterocycles. The van der Waals surface area contributed by atoms with E-state index in [0.717, 1.165) is 36.1 Å². The Hall–Kier alpha value is -1.64. The third-order valence-corrected chi connectivity index (χ3v) is 3.97. The van der Waals surface area contributed by atoms with Gasteiger partial charge < -0.3 is 15.1 Å². The van der Waals surface area contributed by atoms with E-state index in [0.29, 0.717) is 11.9 Å². The lowest BCUT2D eigenvalue weighted by atomic mass is 10.2. The molecule has 0 amide bonds. The summed E-state index contributed by atoms with van der Waals surface area (Å²) in [6.45, 7) is 2.94. The van der Waals surface area contributed by atoms with Crippen molar-refractivity contribution < 1.29 is 8.81 Å². The van der Waals surface area contributed by atoms with Crippen LogP contribution in [0.4, 0.5) is 4.39 Å². The van der Waals surface area contributed by atoms with Crippen LogP contribution in [-0.2, 0) is 6.42 Å². The van der Waals surface area contributed by atoms with Crippen LogP contribution in [0.5, 0.6) is 0 Å². The Labute approximate surface area is 158 Å². The van der Waals surface area contributed by atoms with Crippen molar-refractivity contribution in [3.05, 3.63) is 42.0 Å². The summed E-state index contributed by atoms with van der Waals surface area (Å²) in [5, 5.41) is 6.65. The second-order valence-corrected chi connectivity index (χ2v) is 5.86. The number of benzene rings is 1. The van der Waals surface area contributed by atoms with E-state index in [1.54, 1.807) is 25.4 Å². The average molecular weight is 444 g/mol. The fraction of sp³-hybridized carbons (Fsp3) is 0.412. The second kappa shape index (κ2) is 8.46. The minimum atomic E-state index is -0.270. The second-order valence-electron chi connectivity index (χ2n) is 5.86. The number of hydrogen-bond acceptors (Lipinski definition) is 3.